The highest BCUT2D eigenvalue weighted by Gasteiger charge is 2.13. The predicted molar refractivity (Wildman–Crippen MR) is 86.4 cm³/mol. The number of carbonyl (C=O) groups excluding carboxylic acids is 1. The molecule has 0 saturated carbocycles. The molecule has 22 heavy (non-hydrogen) atoms. The fourth-order valence-corrected chi connectivity index (χ4v) is 2.15. The fraction of sp³-hybridized carbons (Fsp3) is 0.188. The van der Waals surface area contributed by atoms with Crippen LogP contribution >= 0.6 is 11.6 Å². The number of anilines is 1. The first-order chi connectivity index (χ1) is 10.4. The van der Waals surface area contributed by atoms with Crippen molar-refractivity contribution in [2.75, 3.05) is 5.32 Å². The summed E-state index contributed by atoms with van der Waals surface area (Å²) in [4.78, 5) is 12.2. The minimum atomic E-state index is -0.465. The summed E-state index contributed by atoms with van der Waals surface area (Å²) in [5.41, 5.74) is 3.05. The summed E-state index contributed by atoms with van der Waals surface area (Å²) < 4.78 is 1.72. The van der Waals surface area contributed by atoms with Gasteiger partial charge in [0, 0.05) is 29.0 Å². The topological polar surface area (TPSA) is 70.7 Å². The zero-order chi connectivity index (χ0) is 16.3. The lowest BCUT2D eigenvalue weighted by atomic mass is 10.1. The van der Waals surface area contributed by atoms with Crippen LogP contribution in [-0.2, 0) is 11.8 Å². The molecular weight excluding hydrogens is 300 g/mol. The van der Waals surface area contributed by atoms with Gasteiger partial charge in [-0.3, -0.25) is 9.48 Å². The lowest BCUT2D eigenvalue weighted by Gasteiger charge is -2.04. The van der Waals surface area contributed by atoms with Gasteiger partial charge < -0.3 is 5.32 Å². The van der Waals surface area contributed by atoms with Crippen molar-refractivity contribution in [3.05, 3.63) is 51.8 Å². The van der Waals surface area contributed by atoms with Gasteiger partial charge in [0.2, 0.25) is 0 Å². The highest BCUT2D eigenvalue weighted by molar-refractivity contribution is 6.30. The average Bonchev–Trinajstić information content (AvgIpc) is 2.72. The molecule has 0 aliphatic rings. The summed E-state index contributed by atoms with van der Waals surface area (Å²) in [6.45, 7) is 3.73. The van der Waals surface area contributed by atoms with E-state index in [-0.39, 0.29) is 5.57 Å². The Morgan fingerprint density at radius 3 is 2.50 bits per heavy atom. The molecule has 1 aromatic heterocycles. The molecule has 0 spiro atoms. The summed E-state index contributed by atoms with van der Waals surface area (Å²) in [5, 5.41) is 16.8. The Labute approximate surface area is 133 Å². The maximum Gasteiger partial charge on any atom is 0.266 e. The number of benzene rings is 1. The Kier molecular flexibility index (Phi) is 4.64. The van der Waals surface area contributed by atoms with E-state index in [1.54, 1.807) is 35.0 Å². The minimum absolute atomic E-state index is 0.0224. The van der Waals surface area contributed by atoms with Crippen LogP contribution < -0.4 is 5.32 Å². The molecule has 1 amide bonds. The van der Waals surface area contributed by atoms with E-state index < -0.39 is 5.91 Å². The van der Waals surface area contributed by atoms with Crippen LogP contribution in [0.1, 0.15) is 17.0 Å². The largest absolute Gasteiger partial charge is 0.321 e. The first-order valence-corrected chi connectivity index (χ1v) is 6.99. The smallest absolute Gasteiger partial charge is 0.266 e. The molecule has 2 aromatic rings. The lowest BCUT2D eigenvalue weighted by Crippen LogP contribution is -2.13. The third-order valence-electron chi connectivity index (χ3n) is 3.32. The van der Waals surface area contributed by atoms with Gasteiger partial charge in [0.15, 0.2) is 0 Å². The van der Waals surface area contributed by atoms with E-state index in [9.17, 15) is 10.1 Å². The molecule has 0 bridgehead atoms. The van der Waals surface area contributed by atoms with Gasteiger partial charge in [-0.1, -0.05) is 11.6 Å². The third-order valence-corrected chi connectivity index (χ3v) is 3.57. The van der Waals surface area contributed by atoms with Crippen LogP contribution in [0.25, 0.3) is 6.08 Å². The van der Waals surface area contributed by atoms with E-state index in [1.165, 1.54) is 0 Å². The highest BCUT2D eigenvalue weighted by Crippen LogP contribution is 2.18. The SMILES string of the molecule is Cc1nn(C)c(C)c1C=C(C#N)C(=O)Nc1ccc(Cl)cc1. The Balaban J connectivity index is 2.27. The Morgan fingerprint density at radius 2 is 2.00 bits per heavy atom. The van der Waals surface area contributed by atoms with Crippen LogP contribution in [0.2, 0.25) is 5.02 Å². The van der Waals surface area contributed by atoms with Crippen LogP contribution in [0.3, 0.4) is 0 Å². The number of hydrogen-bond acceptors (Lipinski definition) is 3. The fourth-order valence-electron chi connectivity index (χ4n) is 2.02. The Hall–Kier alpha value is -2.58. The van der Waals surface area contributed by atoms with E-state index in [2.05, 4.69) is 10.4 Å². The van der Waals surface area contributed by atoms with Crippen LogP contribution in [0, 0.1) is 25.2 Å². The summed E-state index contributed by atoms with van der Waals surface area (Å²) >= 11 is 5.80. The predicted octanol–water partition coefficient (Wildman–Crippen LogP) is 3.24. The molecule has 0 fully saturated rings. The summed E-state index contributed by atoms with van der Waals surface area (Å²) in [5.74, 6) is -0.465. The Bertz CT molecular complexity index is 782. The normalized spacial score (nSPS) is 11.1. The average molecular weight is 315 g/mol. The molecule has 5 nitrogen and oxygen atoms in total. The maximum atomic E-state index is 12.2. The molecule has 0 saturated heterocycles. The first kappa shape index (κ1) is 15.8. The van der Waals surface area contributed by atoms with E-state index in [0.29, 0.717) is 10.7 Å². The van der Waals surface area contributed by atoms with E-state index in [1.807, 2.05) is 27.0 Å². The molecule has 0 aliphatic heterocycles. The van der Waals surface area contributed by atoms with E-state index in [4.69, 9.17) is 11.6 Å². The molecule has 112 valence electrons. The standard InChI is InChI=1S/C16H15ClN4O/c1-10-15(11(2)21(3)20-10)8-12(9-18)16(22)19-14-6-4-13(17)5-7-14/h4-8H,1-3H3,(H,19,22). The number of aryl methyl sites for hydroxylation is 2. The van der Waals surface area contributed by atoms with E-state index >= 15 is 0 Å². The number of nitrogens with zero attached hydrogens (tertiary/aromatic N) is 3. The quantitative estimate of drug-likeness (QED) is 0.698. The number of hydrogen-bond donors (Lipinski definition) is 1. The maximum absolute atomic E-state index is 12.2. The van der Waals surface area contributed by atoms with E-state index in [0.717, 1.165) is 17.0 Å². The van der Waals surface area contributed by atoms with Crippen molar-refractivity contribution in [3.8, 4) is 6.07 Å². The molecule has 0 atom stereocenters. The van der Waals surface area contributed by atoms with Crippen molar-refractivity contribution in [1.29, 1.82) is 5.26 Å². The summed E-state index contributed by atoms with van der Waals surface area (Å²) in [6.07, 6.45) is 1.56. The Morgan fingerprint density at radius 1 is 1.36 bits per heavy atom. The van der Waals surface area contributed by atoms with Gasteiger partial charge in [0.05, 0.1) is 5.69 Å². The third kappa shape index (κ3) is 3.35. The van der Waals surface area contributed by atoms with Crippen LogP contribution in [-0.4, -0.2) is 15.7 Å². The highest BCUT2D eigenvalue weighted by atomic mass is 35.5. The van der Waals surface area contributed by atoms with Crippen molar-refractivity contribution >= 4 is 29.3 Å². The minimum Gasteiger partial charge on any atom is -0.321 e. The van der Waals surface area contributed by atoms with Gasteiger partial charge in [-0.15, -0.1) is 0 Å². The number of amides is 1. The zero-order valence-electron chi connectivity index (χ0n) is 12.5. The monoisotopic (exact) mass is 314 g/mol. The molecule has 2 rings (SSSR count). The van der Waals surface area contributed by atoms with Gasteiger partial charge in [0.1, 0.15) is 11.6 Å². The van der Waals surface area contributed by atoms with Gasteiger partial charge in [0.25, 0.3) is 5.91 Å². The van der Waals surface area contributed by atoms with Crippen molar-refractivity contribution < 1.29 is 4.79 Å². The molecule has 1 aromatic carbocycles. The number of nitriles is 1. The number of aromatic nitrogens is 2. The van der Waals surface area contributed by atoms with Gasteiger partial charge in [-0.2, -0.15) is 10.4 Å². The summed E-state index contributed by atoms with van der Waals surface area (Å²) in [6, 6.07) is 8.62. The van der Waals surface area contributed by atoms with Crippen molar-refractivity contribution in [3.63, 3.8) is 0 Å². The van der Waals surface area contributed by atoms with Gasteiger partial charge >= 0.3 is 0 Å². The van der Waals surface area contributed by atoms with Crippen molar-refractivity contribution in [2.45, 2.75) is 13.8 Å². The molecule has 0 unspecified atom stereocenters. The van der Waals surface area contributed by atoms with Crippen LogP contribution in [0.15, 0.2) is 29.8 Å². The van der Waals surface area contributed by atoms with Gasteiger partial charge in [-0.05, 0) is 44.2 Å². The molecular formula is C16H15ClN4O. The second-order valence-corrected chi connectivity index (χ2v) is 5.28. The van der Waals surface area contributed by atoms with Crippen molar-refractivity contribution in [2.24, 2.45) is 7.05 Å². The second kappa shape index (κ2) is 6.46. The van der Waals surface area contributed by atoms with Crippen molar-refractivity contribution in [1.82, 2.24) is 9.78 Å². The van der Waals surface area contributed by atoms with Gasteiger partial charge in [-0.25, -0.2) is 0 Å². The first-order valence-electron chi connectivity index (χ1n) is 6.61. The number of carbonyl (C=O) groups is 1. The number of rotatable bonds is 3. The second-order valence-electron chi connectivity index (χ2n) is 4.84. The number of nitrogens with one attached hydrogen (secondary N) is 1. The molecule has 0 radical (unpaired) electrons. The molecule has 1 N–H and O–H groups in total. The molecule has 6 heteroatoms. The zero-order valence-corrected chi connectivity index (χ0v) is 13.3. The lowest BCUT2D eigenvalue weighted by molar-refractivity contribution is -0.112. The summed E-state index contributed by atoms with van der Waals surface area (Å²) in [7, 11) is 1.82. The van der Waals surface area contributed by atoms with Crippen LogP contribution in [0.5, 0.6) is 0 Å². The molecule has 1 heterocycles. The van der Waals surface area contributed by atoms with Crippen LogP contribution in [0.4, 0.5) is 5.69 Å². The number of halogens is 1. The molecule has 0 aliphatic carbocycles.